The highest BCUT2D eigenvalue weighted by molar-refractivity contribution is 7.22. The quantitative estimate of drug-likeness (QED) is 0.261. The van der Waals surface area contributed by atoms with Crippen molar-refractivity contribution in [2.45, 2.75) is 6.04 Å². The fourth-order valence-electron chi connectivity index (χ4n) is 3.95. The van der Waals surface area contributed by atoms with Crippen molar-refractivity contribution in [3.8, 4) is 11.5 Å². The second-order valence-corrected chi connectivity index (χ2v) is 8.46. The lowest BCUT2D eigenvalue weighted by Gasteiger charge is -2.22. The third-order valence-corrected chi connectivity index (χ3v) is 6.60. The van der Waals surface area contributed by atoms with Gasteiger partial charge in [0.25, 0.3) is 5.78 Å². The lowest BCUT2D eigenvalue weighted by Crippen LogP contribution is -2.29. The van der Waals surface area contributed by atoms with E-state index in [0.29, 0.717) is 27.8 Å². The van der Waals surface area contributed by atoms with Crippen molar-refractivity contribution in [3.63, 3.8) is 0 Å². The number of fused-ring (bicyclic) bond motifs is 1. The molecule has 5 rings (SSSR count). The van der Waals surface area contributed by atoms with Gasteiger partial charge in [0.15, 0.2) is 5.13 Å². The minimum Gasteiger partial charge on any atom is -0.507 e. The number of carbonyl (C=O) groups is 2. The van der Waals surface area contributed by atoms with E-state index in [0.717, 1.165) is 4.70 Å². The summed E-state index contributed by atoms with van der Waals surface area (Å²) in [4.78, 5) is 36.9. The third-order valence-electron chi connectivity index (χ3n) is 5.56. The van der Waals surface area contributed by atoms with E-state index >= 15 is 0 Å². The maximum absolute atomic E-state index is 13.3. The summed E-state index contributed by atoms with van der Waals surface area (Å²) in [7, 11) is 2.94. The molecule has 0 radical (unpaired) electrons. The van der Waals surface area contributed by atoms with Gasteiger partial charge in [0, 0.05) is 6.20 Å². The lowest BCUT2D eigenvalue weighted by molar-refractivity contribution is -0.132. The number of ketones is 1. The van der Waals surface area contributed by atoms with Crippen LogP contribution in [0.1, 0.15) is 17.3 Å². The summed E-state index contributed by atoms with van der Waals surface area (Å²) in [6.07, 6.45) is 1.57. The van der Waals surface area contributed by atoms with Gasteiger partial charge in [-0.3, -0.25) is 19.5 Å². The van der Waals surface area contributed by atoms with Crippen LogP contribution in [0.15, 0.2) is 72.4 Å². The molecule has 8 nitrogen and oxygen atoms in total. The Kier molecular flexibility index (Phi) is 5.46. The number of thiazole rings is 1. The van der Waals surface area contributed by atoms with E-state index in [1.54, 1.807) is 42.6 Å². The predicted octanol–water partition coefficient (Wildman–Crippen LogP) is 4.33. The Morgan fingerprint density at radius 3 is 2.53 bits per heavy atom. The van der Waals surface area contributed by atoms with Crippen LogP contribution in [0.25, 0.3) is 16.0 Å². The Balaban J connectivity index is 1.75. The van der Waals surface area contributed by atoms with Crippen molar-refractivity contribution >= 4 is 44.1 Å². The van der Waals surface area contributed by atoms with Crippen molar-refractivity contribution in [2.75, 3.05) is 19.1 Å². The van der Waals surface area contributed by atoms with Crippen LogP contribution in [-0.4, -0.2) is 41.0 Å². The Bertz CT molecular complexity index is 1410. The van der Waals surface area contributed by atoms with Crippen molar-refractivity contribution in [2.24, 2.45) is 0 Å². The van der Waals surface area contributed by atoms with E-state index < -0.39 is 17.7 Å². The lowest BCUT2D eigenvalue weighted by atomic mass is 9.98. The summed E-state index contributed by atoms with van der Waals surface area (Å²) >= 11 is 1.29. The number of pyridine rings is 1. The molecule has 1 aliphatic heterocycles. The monoisotopic (exact) mass is 473 g/mol. The molecule has 0 saturated carbocycles. The third kappa shape index (κ3) is 3.46. The van der Waals surface area contributed by atoms with Gasteiger partial charge in [-0.2, -0.15) is 0 Å². The Hall–Kier alpha value is -4.24. The zero-order valence-corrected chi connectivity index (χ0v) is 19.1. The smallest absolute Gasteiger partial charge is 0.301 e. The molecule has 1 unspecified atom stereocenters. The van der Waals surface area contributed by atoms with Gasteiger partial charge in [0.2, 0.25) is 0 Å². The molecule has 9 heteroatoms. The van der Waals surface area contributed by atoms with Crippen LogP contribution < -0.4 is 14.4 Å². The first-order valence-electron chi connectivity index (χ1n) is 10.3. The molecular formula is C25H19N3O5S. The van der Waals surface area contributed by atoms with Gasteiger partial charge < -0.3 is 14.6 Å². The Morgan fingerprint density at radius 1 is 1.03 bits per heavy atom. The number of aromatic nitrogens is 2. The summed E-state index contributed by atoms with van der Waals surface area (Å²) in [5, 5.41) is 11.7. The second kappa shape index (κ2) is 8.60. The summed E-state index contributed by atoms with van der Waals surface area (Å²) in [5.41, 5.74) is 1.25. The molecule has 34 heavy (non-hydrogen) atoms. The molecule has 4 aromatic rings. The molecule has 1 N–H and O–H groups in total. The van der Waals surface area contributed by atoms with Crippen molar-refractivity contribution < 1.29 is 24.2 Å². The topological polar surface area (TPSA) is 102 Å². The number of hydrogen-bond acceptors (Lipinski definition) is 8. The number of ether oxygens (including phenoxy) is 2. The van der Waals surface area contributed by atoms with E-state index in [4.69, 9.17) is 9.47 Å². The summed E-state index contributed by atoms with van der Waals surface area (Å²) in [6, 6.07) is 16.5. The van der Waals surface area contributed by atoms with Crippen LogP contribution in [0, 0.1) is 0 Å². The SMILES string of the molecule is COc1ccc(OC)c(/C(O)=C2\C(=O)C(=O)N(c3nc4ccccc4s3)C2c2ccccn2)c1. The summed E-state index contributed by atoms with van der Waals surface area (Å²) in [6.45, 7) is 0. The zero-order valence-electron chi connectivity index (χ0n) is 18.3. The molecule has 1 amide bonds. The van der Waals surface area contributed by atoms with Crippen molar-refractivity contribution in [3.05, 3.63) is 83.7 Å². The van der Waals surface area contributed by atoms with E-state index in [2.05, 4.69) is 9.97 Å². The molecular weight excluding hydrogens is 454 g/mol. The Labute approximate surface area is 198 Å². The van der Waals surface area contributed by atoms with Crippen LogP contribution in [0.5, 0.6) is 11.5 Å². The maximum Gasteiger partial charge on any atom is 0.301 e. The average Bonchev–Trinajstić information content (AvgIpc) is 3.42. The summed E-state index contributed by atoms with van der Waals surface area (Å²) in [5.74, 6) is -1.23. The number of carbonyl (C=O) groups excluding carboxylic acids is 2. The highest BCUT2D eigenvalue weighted by Crippen LogP contribution is 2.44. The van der Waals surface area contributed by atoms with Gasteiger partial charge >= 0.3 is 5.91 Å². The zero-order chi connectivity index (χ0) is 23.8. The fourth-order valence-corrected chi connectivity index (χ4v) is 4.95. The fraction of sp³-hybridized carbons (Fsp3) is 0.120. The molecule has 3 heterocycles. The first-order chi connectivity index (χ1) is 16.5. The maximum atomic E-state index is 13.3. The van der Waals surface area contributed by atoms with Crippen LogP contribution in [0.2, 0.25) is 0 Å². The molecule has 170 valence electrons. The highest BCUT2D eigenvalue weighted by Gasteiger charge is 2.49. The minimum absolute atomic E-state index is 0.102. The van der Waals surface area contributed by atoms with Crippen LogP contribution in [0.4, 0.5) is 5.13 Å². The standard InChI is InChI=1S/C25H19N3O5S/c1-32-14-10-11-18(33-2)15(13-14)22(29)20-21(17-8-5-6-12-26-17)28(24(31)23(20)30)25-27-16-7-3-4-9-19(16)34-25/h3-13,21,29H,1-2H3/b22-20+. The van der Waals surface area contributed by atoms with E-state index in [-0.39, 0.29) is 16.9 Å². The van der Waals surface area contributed by atoms with Gasteiger partial charge in [0.05, 0.1) is 41.3 Å². The molecule has 2 aromatic carbocycles. The first-order valence-corrected chi connectivity index (χ1v) is 11.1. The molecule has 1 aliphatic rings. The predicted molar refractivity (Wildman–Crippen MR) is 128 cm³/mol. The van der Waals surface area contributed by atoms with E-state index in [1.807, 2.05) is 24.3 Å². The molecule has 1 atom stereocenters. The number of nitrogens with zero attached hydrogens (tertiary/aromatic N) is 3. The number of benzene rings is 2. The van der Waals surface area contributed by atoms with Gasteiger partial charge in [0.1, 0.15) is 23.3 Å². The van der Waals surface area contributed by atoms with E-state index in [1.165, 1.54) is 30.5 Å². The number of aliphatic hydroxyl groups is 1. The van der Waals surface area contributed by atoms with Crippen LogP contribution >= 0.6 is 11.3 Å². The number of amides is 1. The normalized spacial score (nSPS) is 17.4. The molecule has 0 bridgehead atoms. The molecule has 1 fully saturated rings. The van der Waals surface area contributed by atoms with E-state index in [9.17, 15) is 14.7 Å². The summed E-state index contributed by atoms with van der Waals surface area (Å²) < 4.78 is 11.5. The second-order valence-electron chi connectivity index (χ2n) is 7.45. The van der Waals surface area contributed by atoms with Crippen LogP contribution in [0.3, 0.4) is 0 Å². The van der Waals surface area contributed by atoms with Crippen molar-refractivity contribution in [1.82, 2.24) is 9.97 Å². The van der Waals surface area contributed by atoms with Gasteiger partial charge in [-0.25, -0.2) is 4.98 Å². The highest BCUT2D eigenvalue weighted by atomic mass is 32.1. The largest absolute Gasteiger partial charge is 0.507 e. The number of anilines is 1. The number of para-hydroxylation sites is 1. The van der Waals surface area contributed by atoms with Crippen LogP contribution in [-0.2, 0) is 9.59 Å². The van der Waals surface area contributed by atoms with Gasteiger partial charge in [-0.1, -0.05) is 29.5 Å². The molecule has 0 spiro atoms. The number of aliphatic hydroxyl groups excluding tert-OH is 1. The van der Waals surface area contributed by atoms with Gasteiger partial charge in [-0.15, -0.1) is 0 Å². The first kappa shape index (κ1) is 21.6. The van der Waals surface area contributed by atoms with Gasteiger partial charge in [-0.05, 0) is 42.5 Å². The molecule has 1 saturated heterocycles. The number of methoxy groups -OCH3 is 2. The average molecular weight is 474 g/mol. The van der Waals surface area contributed by atoms with Crippen molar-refractivity contribution in [1.29, 1.82) is 0 Å². The molecule has 2 aromatic heterocycles. The molecule has 0 aliphatic carbocycles. The number of hydrogen-bond donors (Lipinski definition) is 1. The Morgan fingerprint density at radius 2 is 1.82 bits per heavy atom. The number of rotatable bonds is 5. The number of Topliss-reactive ketones (excluding diaryl/α,β-unsaturated/α-hetero) is 1. The minimum atomic E-state index is -0.974.